The van der Waals surface area contributed by atoms with Crippen molar-refractivity contribution in [3.8, 4) is 0 Å². The predicted octanol–water partition coefficient (Wildman–Crippen LogP) is 3.29. The van der Waals surface area contributed by atoms with Crippen molar-refractivity contribution in [2.24, 2.45) is 23.5 Å². The highest BCUT2D eigenvalue weighted by molar-refractivity contribution is 5.85. The van der Waals surface area contributed by atoms with Crippen LogP contribution in [0.15, 0.2) is 18.2 Å². The third-order valence-electron chi connectivity index (χ3n) is 7.06. The van der Waals surface area contributed by atoms with E-state index in [2.05, 4.69) is 10.3 Å². The number of aromatic nitrogens is 1. The van der Waals surface area contributed by atoms with Gasteiger partial charge >= 0.3 is 5.97 Å². The number of aromatic carboxylic acids is 1. The van der Waals surface area contributed by atoms with E-state index in [9.17, 15) is 18.4 Å². The minimum Gasteiger partial charge on any atom is -0.477 e. The lowest BCUT2D eigenvalue weighted by atomic mass is 9.50. The van der Waals surface area contributed by atoms with Gasteiger partial charge in [0.05, 0.1) is 0 Å². The zero-order chi connectivity index (χ0) is 21.7. The molecular weight excluding hydrogens is 392 g/mol. The van der Waals surface area contributed by atoms with Crippen LogP contribution in [-0.4, -0.2) is 39.0 Å². The summed E-state index contributed by atoms with van der Waals surface area (Å²) in [6, 6.07) is 4.90. The minimum absolute atomic E-state index is 0.0972. The van der Waals surface area contributed by atoms with Gasteiger partial charge in [-0.05, 0) is 69.4 Å². The Morgan fingerprint density at radius 3 is 2.23 bits per heavy atom. The molecule has 0 aliphatic heterocycles. The van der Waals surface area contributed by atoms with Crippen molar-refractivity contribution in [1.29, 1.82) is 0 Å². The van der Waals surface area contributed by atoms with Gasteiger partial charge in [0.2, 0.25) is 11.8 Å². The van der Waals surface area contributed by atoms with Crippen molar-refractivity contribution >= 4 is 11.9 Å². The van der Waals surface area contributed by atoms with Gasteiger partial charge in [-0.2, -0.15) is 0 Å². The number of rotatable bonds is 3. The van der Waals surface area contributed by atoms with Crippen LogP contribution in [0.3, 0.4) is 0 Å². The number of aryl methyl sites for hydroxylation is 1. The Morgan fingerprint density at radius 2 is 1.77 bits per heavy atom. The summed E-state index contributed by atoms with van der Waals surface area (Å²) in [5.41, 5.74) is 6.98. The molecule has 2 unspecified atom stereocenters. The number of nitrogens with two attached hydrogens (primary N) is 1. The standard InChI is InChI=1S/C15H22F2N2O.C7H7NO2/c16-15(17)6-11(7-15)12(20)19-14-4-9-1-10(5-14)3-13(18,2-9)8-14;1-5-3-2-4-6(8-5)7(9)10/h9-11H,1-8,18H2,(H,19,20);2-4H,1H3,(H,9,10). The molecule has 8 heteroatoms. The van der Waals surface area contributed by atoms with E-state index in [1.165, 1.54) is 12.5 Å². The first kappa shape index (κ1) is 21.2. The summed E-state index contributed by atoms with van der Waals surface area (Å²) in [5.74, 6) is -3.04. The first-order chi connectivity index (χ1) is 14.0. The Balaban J connectivity index is 0.000000185. The second-order valence-corrected chi connectivity index (χ2v) is 10.0. The molecule has 1 aromatic heterocycles. The second kappa shape index (κ2) is 7.25. The number of hydrogen-bond acceptors (Lipinski definition) is 4. The van der Waals surface area contributed by atoms with E-state index in [1.54, 1.807) is 19.1 Å². The molecule has 6 rings (SSSR count). The number of carbonyl (C=O) groups is 2. The Morgan fingerprint density at radius 1 is 1.13 bits per heavy atom. The van der Waals surface area contributed by atoms with Crippen molar-refractivity contribution in [3.05, 3.63) is 29.6 Å². The number of carbonyl (C=O) groups excluding carboxylic acids is 1. The minimum atomic E-state index is -2.63. The van der Waals surface area contributed by atoms with E-state index in [4.69, 9.17) is 10.8 Å². The van der Waals surface area contributed by atoms with E-state index < -0.39 is 17.8 Å². The molecule has 5 aliphatic carbocycles. The smallest absolute Gasteiger partial charge is 0.354 e. The van der Waals surface area contributed by atoms with Crippen molar-refractivity contribution in [2.75, 3.05) is 0 Å². The van der Waals surface area contributed by atoms with Gasteiger partial charge in [-0.3, -0.25) is 4.79 Å². The zero-order valence-electron chi connectivity index (χ0n) is 17.2. The lowest BCUT2D eigenvalue weighted by Gasteiger charge is -2.61. The number of nitrogens with one attached hydrogen (secondary N) is 1. The summed E-state index contributed by atoms with van der Waals surface area (Å²) in [6.07, 6.45) is 5.64. The summed E-state index contributed by atoms with van der Waals surface area (Å²) < 4.78 is 25.8. The van der Waals surface area contributed by atoms with Crippen LogP contribution in [0.4, 0.5) is 8.78 Å². The lowest BCUT2D eigenvalue weighted by Crippen LogP contribution is -2.69. The third-order valence-corrected chi connectivity index (χ3v) is 7.06. The van der Waals surface area contributed by atoms with Crippen LogP contribution in [-0.2, 0) is 4.79 Å². The van der Waals surface area contributed by atoms with E-state index in [1.807, 2.05) is 0 Å². The van der Waals surface area contributed by atoms with Crippen molar-refractivity contribution in [3.63, 3.8) is 0 Å². The van der Waals surface area contributed by atoms with Crippen molar-refractivity contribution < 1.29 is 23.5 Å². The highest BCUT2D eigenvalue weighted by Crippen LogP contribution is 2.56. The number of pyridine rings is 1. The average Bonchev–Trinajstić information content (AvgIpc) is 2.57. The summed E-state index contributed by atoms with van der Waals surface area (Å²) in [6.45, 7) is 1.76. The van der Waals surface area contributed by atoms with Crippen molar-refractivity contribution in [1.82, 2.24) is 10.3 Å². The van der Waals surface area contributed by atoms with Crippen molar-refractivity contribution in [2.45, 2.75) is 75.3 Å². The molecular formula is C22H29F2N3O3. The van der Waals surface area contributed by atoms with E-state index >= 15 is 0 Å². The van der Waals surface area contributed by atoms with Gasteiger partial charge in [0.1, 0.15) is 5.69 Å². The molecule has 1 aromatic rings. The molecule has 1 amide bonds. The largest absolute Gasteiger partial charge is 0.477 e. The van der Waals surface area contributed by atoms with Gasteiger partial charge in [-0.15, -0.1) is 0 Å². The number of halogens is 2. The van der Waals surface area contributed by atoms with Gasteiger partial charge in [0.25, 0.3) is 0 Å². The molecule has 5 aliphatic rings. The molecule has 5 saturated carbocycles. The van der Waals surface area contributed by atoms with E-state index in [-0.39, 0.29) is 35.5 Å². The van der Waals surface area contributed by atoms with Crippen LogP contribution in [0.1, 0.15) is 67.5 Å². The van der Waals surface area contributed by atoms with Crippen LogP contribution < -0.4 is 11.1 Å². The quantitative estimate of drug-likeness (QED) is 0.695. The molecule has 0 spiro atoms. The van der Waals surface area contributed by atoms with Crippen LogP contribution >= 0.6 is 0 Å². The normalized spacial score (nSPS) is 35.7. The summed E-state index contributed by atoms with van der Waals surface area (Å²) in [5, 5.41) is 11.6. The summed E-state index contributed by atoms with van der Waals surface area (Å²) in [4.78, 5) is 26.3. The van der Waals surface area contributed by atoms with E-state index in [0.717, 1.165) is 37.8 Å². The molecule has 164 valence electrons. The second-order valence-electron chi connectivity index (χ2n) is 10.0. The molecule has 1 heterocycles. The third kappa shape index (κ3) is 4.33. The number of alkyl halides is 2. The molecule has 0 radical (unpaired) electrons. The van der Waals surface area contributed by atoms with Crippen LogP contribution in [0, 0.1) is 24.7 Å². The number of hydrogen-bond donors (Lipinski definition) is 3. The lowest BCUT2D eigenvalue weighted by molar-refractivity contribution is -0.155. The number of carboxylic acid groups (broad SMARTS) is 1. The van der Waals surface area contributed by atoms with Gasteiger partial charge in [-0.1, -0.05) is 6.07 Å². The maximum Gasteiger partial charge on any atom is 0.354 e. The molecule has 0 aromatic carbocycles. The first-order valence-electron chi connectivity index (χ1n) is 10.6. The Bertz CT molecular complexity index is 838. The SMILES string of the molecule is Cc1cccc(C(=O)O)n1.NC12CC3CC(C1)CC(NC(=O)C1CC(F)(F)C1)(C3)C2. The summed E-state index contributed by atoms with van der Waals surface area (Å²) in [7, 11) is 0. The predicted molar refractivity (Wildman–Crippen MR) is 106 cm³/mol. The highest BCUT2D eigenvalue weighted by atomic mass is 19.3. The Labute approximate surface area is 174 Å². The number of carboxylic acids is 1. The van der Waals surface area contributed by atoms with Gasteiger partial charge in [0.15, 0.2) is 0 Å². The molecule has 30 heavy (non-hydrogen) atoms. The summed E-state index contributed by atoms with van der Waals surface area (Å²) >= 11 is 0. The monoisotopic (exact) mass is 421 g/mol. The van der Waals surface area contributed by atoms with E-state index in [0.29, 0.717) is 11.8 Å². The average molecular weight is 421 g/mol. The fourth-order valence-corrected chi connectivity index (χ4v) is 6.35. The topological polar surface area (TPSA) is 105 Å². The van der Waals surface area contributed by atoms with Crippen LogP contribution in [0.25, 0.3) is 0 Å². The van der Waals surface area contributed by atoms with Gasteiger partial charge in [0, 0.05) is 35.5 Å². The maximum atomic E-state index is 12.9. The fraction of sp³-hybridized carbons (Fsp3) is 0.682. The maximum absolute atomic E-state index is 12.9. The first-order valence-corrected chi connectivity index (χ1v) is 10.6. The molecule has 2 atom stereocenters. The molecule has 4 bridgehead atoms. The highest BCUT2D eigenvalue weighted by Gasteiger charge is 2.58. The fourth-order valence-electron chi connectivity index (χ4n) is 6.35. The van der Waals surface area contributed by atoms with Crippen LogP contribution in [0.2, 0.25) is 0 Å². The Kier molecular flexibility index (Phi) is 5.11. The molecule has 5 fully saturated rings. The zero-order valence-corrected chi connectivity index (χ0v) is 17.2. The number of nitrogens with zero attached hydrogens (tertiary/aromatic N) is 1. The molecule has 4 N–H and O–H groups in total. The van der Waals surface area contributed by atoms with Gasteiger partial charge in [-0.25, -0.2) is 18.6 Å². The molecule has 0 saturated heterocycles. The number of amides is 1. The van der Waals surface area contributed by atoms with Gasteiger partial charge < -0.3 is 16.2 Å². The van der Waals surface area contributed by atoms with Crippen LogP contribution in [0.5, 0.6) is 0 Å². The molecule has 6 nitrogen and oxygen atoms in total. The Hall–Kier alpha value is -2.09.